The van der Waals surface area contributed by atoms with E-state index in [0.29, 0.717) is 5.76 Å². The summed E-state index contributed by atoms with van der Waals surface area (Å²) in [6, 6.07) is 10.9. The molecule has 0 spiro atoms. The summed E-state index contributed by atoms with van der Waals surface area (Å²) in [6.07, 6.45) is 6.48. The molecule has 3 amide bonds. The van der Waals surface area contributed by atoms with Crippen LogP contribution in [0.15, 0.2) is 69.9 Å². The Hall–Kier alpha value is -3.88. The predicted octanol–water partition coefficient (Wildman–Crippen LogP) is 3.57. The summed E-state index contributed by atoms with van der Waals surface area (Å²) < 4.78 is 25.4. The highest BCUT2D eigenvalue weighted by molar-refractivity contribution is 5.95. The number of hydrogen-bond acceptors (Lipinski definition) is 5. The van der Waals surface area contributed by atoms with E-state index in [1.807, 2.05) is 0 Å². The molecular weight excluding hydrogens is 441 g/mol. The Balaban J connectivity index is 1.62. The van der Waals surface area contributed by atoms with Crippen LogP contribution in [0.2, 0.25) is 0 Å². The molecule has 178 valence electrons. The summed E-state index contributed by atoms with van der Waals surface area (Å²) in [6.45, 7) is -0.499. The molecule has 34 heavy (non-hydrogen) atoms. The smallest absolute Gasteiger partial charge is 0.287 e. The molecule has 8 nitrogen and oxygen atoms in total. The Morgan fingerprint density at radius 2 is 1.74 bits per heavy atom. The van der Waals surface area contributed by atoms with Crippen LogP contribution in [0.4, 0.5) is 4.39 Å². The van der Waals surface area contributed by atoms with Gasteiger partial charge in [0, 0.05) is 11.6 Å². The number of nitrogens with zero attached hydrogens (tertiary/aromatic N) is 1. The fourth-order valence-electron chi connectivity index (χ4n) is 4.14. The number of hydrogen-bond donors (Lipinski definition) is 2. The minimum atomic E-state index is -1.25. The number of nitrogens with one attached hydrogen (secondary N) is 2. The SMILES string of the molecule is O=C(NCC(=O)N(Cc1ccco1)[C@@H](C(=O)NC1CCCC1)c1ccccc1F)c1ccco1. The van der Waals surface area contributed by atoms with Gasteiger partial charge >= 0.3 is 0 Å². The topological polar surface area (TPSA) is 105 Å². The van der Waals surface area contributed by atoms with Gasteiger partial charge in [-0.05, 0) is 43.2 Å². The standard InChI is InChI=1S/C25H26FN3O5/c26-20-11-4-3-10-19(20)23(25(32)28-17-7-1-2-8-17)29(16-18-9-5-13-33-18)22(30)15-27-24(31)21-12-6-14-34-21/h3-6,9-14,17,23H,1-2,7-8,15-16H2,(H,27,31)(H,28,32)/t23-/m1/s1. The fourth-order valence-corrected chi connectivity index (χ4v) is 4.14. The van der Waals surface area contributed by atoms with Crippen molar-refractivity contribution in [3.05, 3.63) is 84.0 Å². The third kappa shape index (κ3) is 5.54. The molecule has 0 bridgehead atoms. The van der Waals surface area contributed by atoms with Crippen molar-refractivity contribution in [1.82, 2.24) is 15.5 Å². The third-order valence-corrected chi connectivity index (χ3v) is 5.83. The molecule has 1 aliphatic rings. The van der Waals surface area contributed by atoms with E-state index in [9.17, 15) is 18.8 Å². The second-order valence-electron chi connectivity index (χ2n) is 8.18. The number of rotatable bonds is 9. The highest BCUT2D eigenvalue weighted by Gasteiger charge is 2.35. The Morgan fingerprint density at radius 3 is 2.41 bits per heavy atom. The molecule has 2 heterocycles. The Kier molecular flexibility index (Phi) is 7.41. The van der Waals surface area contributed by atoms with Gasteiger partial charge in [-0.15, -0.1) is 0 Å². The molecule has 0 aliphatic heterocycles. The maximum Gasteiger partial charge on any atom is 0.287 e. The fraction of sp³-hybridized carbons (Fsp3) is 0.320. The van der Waals surface area contributed by atoms with Gasteiger partial charge in [-0.25, -0.2) is 4.39 Å². The first-order valence-corrected chi connectivity index (χ1v) is 11.2. The van der Waals surface area contributed by atoms with E-state index in [4.69, 9.17) is 8.83 Å². The maximum atomic E-state index is 14.9. The zero-order valence-electron chi connectivity index (χ0n) is 18.5. The van der Waals surface area contributed by atoms with Crippen molar-refractivity contribution in [3.8, 4) is 0 Å². The van der Waals surface area contributed by atoms with Crippen molar-refractivity contribution in [2.45, 2.75) is 44.3 Å². The number of benzene rings is 1. The lowest BCUT2D eigenvalue weighted by atomic mass is 10.0. The number of carbonyl (C=O) groups is 3. The quantitative estimate of drug-likeness (QED) is 0.501. The van der Waals surface area contributed by atoms with Gasteiger partial charge in [-0.1, -0.05) is 31.0 Å². The molecule has 1 saturated carbocycles. The van der Waals surface area contributed by atoms with Gasteiger partial charge in [0.25, 0.3) is 5.91 Å². The lowest BCUT2D eigenvalue weighted by Gasteiger charge is -2.32. The van der Waals surface area contributed by atoms with E-state index in [1.54, 1.807) is 24.3 Å². The van der Waals surface area contributed by atoms with Crippen LogP contribution in [-0.2, 0) is 16.1 Å². The second kappa shape index (κ2) is 10.8. The van der Waals surface area contributed by atoms with Crippen LogP contribution < -0.4 is 10.6 Å². The molecule has 2 N–H and O–H groups in total. The van der Waals surface area contributed by atoms with Crippen LogP contribution in [0.25, 0.3) is 0 Å². The van der Waals surface area contributed by atoms with E-state index in [1.165, 1.54) is 41.7 Å². The molecule has 1 aliphatic carbocycles. The molecule has 1 fully saturated rings. The number of amides is 3. The van der Waals surface area contributed by atoms with Gasteiger partial charge in [-0.2, -0.15) is 0 Å². The maximum absolute atomic E-state index is 14.9. The van der Waals surface area contributed by atoms with Crippen LogP contribution >= 0.6 is 0 Å². The first-order chi connectivity index (χ1) is 16.5. The molecule has 4 rings (SSSR count). The highest BCUT2D eigenvalue weighted by Crippen LogP contribution is 2.28. The largest absolute Gasteiger partial charge is 0.467 e. The van der Waals surface area contributed by atoms with Gasteiger partial charge in [0.1, 0.15) is 17.6 Å². The minimum absolute atomic E-state index is 0.0269. The third-order valence-electron chi connectivity index (χ3n) is 5.83. The van der Waals surface area contributed by atoms with Crippen molar-refractivity contribution in [2.75, 3.05) is 6.54 Å². The molecule has 0 unspecified atom stereocenters. The van der Waals surface area contributed by atoms with Crippen LogP contribution in [0.1, 0.15) is 53.6 Å². The average Bonchev–Trinajstić information content (AvgIpc) is 3.62. The highest BCUT2D eigenvalue weighted by atomic mass is 19.1. The van der Waals surface area contributed by atoms with E-state index >= 15 is 0 Å². The van der Waals surface area contributed by atoms with Gasteiger partial charge < -0.3 is 24.4 Å². The van der Waals surface area contributed by atoms with Crippen LogP contribution in [0, 0.1) is 5.82 Å². The molecule has 1 atom stereocenters. The Bertz CT molecular complexity index is 1110. The van der Waals surface area contributed by atoms with Crippen molar-refractivity contribution < 1.29 is 27.6 Å². The molecule has 9 heteroatoms. The lowest BCUT2D eigenvalue weighted by molar-refractivity contribution is -0.141. The van der Waals surface area contributed by atoms with E-state index in [-0.39, 0.29) is 23.9 Å². The summed E-state index contributed by atoms with van der Waals surface area (Å²) in [5.41, 5.74) is 0.0651. The van der Waals surface area contributed by atoms with Gasteiger partial charge in [0.05, 0.1) is 25.6 Å². The van der Waals surface area contributed by atoms with Crippen molar-refractivity contribution in [1.29, 1.82) is 0 Å². The summed E-state index contributed by atoms with van der Waals surface area (Å²) in [5.74, 6) is -1.77. The Morgan fingerprint density at radius 1 is 1.00 bits per heavy atom. The van der Waals surface area contributed by atoms with Crippen LogP contribution in [0.3, 0.4) is 0 Å². The lowest BCUT2D eigenvalue weighted by Crippen LogP contribution is -2.48. The first kappa shape index (κ1) is 23.3. The van der Waals surface area contributed by atoms with E-state index in [2.05, 4.69) is 10.6 Å². The monoisotopic (exact) mass is 467 g/mol. The molecule has 2 aromatic heterocycles. The molecule has 0 saturated heterocycles. The molecule has 3 aromatic rings. The van der Waals surface area contributed by atoms with Crippen molar-refractivity contribution >= 4 is 17.7 Å². The summed E-state index contributed by atoms with van der Waals surface area (Å²) in [4.78, 5) is 40.3. The zero-order chi connectivity index (χ0) is 23.9. The molecule has 1 aromatic carbocycles. The van der Waals surface area contributed by atoms with Crippen molar-refractivity contribution in [3.63, 3.8) is 0 Å². The van der Waals surface area contributed by atoms with Crippen LogP contribution in [-0.4, -0.2) is 35.2 Å². The average molecular weight is 467 g/mol. The number of halogens is 1. The van der Waals surface area contributed by atoms with Gasteiger partial charge in [0.2, 0.25) is 11.8 Å². The van der Waals surface area contributed by atoms with Crippen LogP contribution in [0.5, 0.6) is 0 Å². The molecule has 0 radical (unpaired) electrons. The summed E-state index contributed by atoms with van der Waals surface area (Å²) in [5, 5.41) is 5.47. The van der Waals surface area contributed by atoms with Crippen molar-refractivity contribution in [2.24, 2.45) is 0 Å². The first-order valence-electron chi connectivity index (χ1n) is 11.2. The summed E-state index contributed by atoms with van der Waals surface area (Å²) >= 11 is 0. The van der Waals surface area contributed by atoms with E-state index < -0.39 is 36.1 Å². The minimum Gasteiger partial charge on any atom is -0.467 e. The Labute approximate surface area is 196 Å². The van der Waals surface area contributed by atoms with Gasteiger partial charge in [0.15, 0.2) is 5.76 Å². The normalized spacial score (nSPS) is 14.5. The van der Waals surface area contributed by atoms with Gasteiger partial charge in [-0.3, -0.25) is 14.4 Å². The predicted molar refractivity (Wildman–Crippen MR) is 120 cm³/mol. The molecular formula is C25H26FN3O5. The number of furan rings is 2. The van der Waals surface area contributed by atoms with E-state index in [0.717, 1.165) is 25.7 Å². The number of carbonyl (C=O) groups excluding carboxylic acids is 3. The second-order valence-corrected chi connectivity index (χ2v) is 8.18. The zero-order valence-corrected chi connectivity index (χ0v) is 18.5. The summed E-state index contributed by atoms with van der Waals surface area (Å²) in [7, 11) is 0.